The van der Waals surface area contributed by atoms with Gasteiger partial charge in [-0.25, -0.2) is 0 Å². The maximum absolute atomic E-state index is 11.4. The first-order valence-corrected chi connectivity index (χ1v) is 5.67. The number of carbonyl (C=O) groups excluding carboxylic acids is 1. The number of benzene rings is 2. The predicted octanol–water partition coefficient (Wildman–Crippen LogP) is 3.17. The van der Waals surface area contributed by atoms with Crippen LogP contribution in [-0.2, 0) is 6.61 Å². The number of Topliss-reactive ketones (excluding diaryl/α,β-unsaturated/α-hetero) is 1. The Balaban J connectivity index is 2.17. The lowest BCUT2D eigenvalue weighted by Crippen LogP contribution is -2.01. The van der Waals surface area contributed by atoms with E-state index in [4.69, 9.17) is 4.74 Å². The minimum Gasteiger partial charge on any atom is -0.508 e. The molecule has 0 fully saturated rings. The Labute approximate surface area is 106 Å². The molecule has 18 heavy (non-hydrogen) atoms. The Morgan fingerprint density at radius 3 is 2.56 bits per heavy atom. The normalized spacial score (nSPS) is 10.1. The quantitative estimate of drug-likeness (QED) is 0.837. The first kappa shape index (κ1) is 12.2. The average molecular weight is 242 g/mol. The molecule has 0 unspecified atom stereocenters. The van der Waals surface area contributed by atoms with Crippen molar-refractivity contribution in [1.29, 1.82) is 0 Å². The maximum atomic E-state index is 11.4. The van der Waals surface area contributed by atoms with Gasteiger partial charge in [-0.2, -0.15) is 0 Å². The summed E-state index contributed by atoms with van der Waals surface area (Å²) in [7, 11) is 0. The van der Waals surface area contributed by atoms with Gasteiger partial charge in [-0.15, -0.1) is 0 Å². The van der Waals surface area contributed by atoms with Gasteiger partial charge in [0.2, 0.25) is 0 Å². The second-order valence-corrected chi connectivity index (χ2v) is 4.01. The van der Waals surface area contributed by atoms with Crippen LogP contribution in [0.5, 0.6) is 11.5 Å². The van der Waals surface area contributed by atoms with Crippen LogP contribution in [0.3, 0.4) is 0 Å². The molecule has 0 saturated heterocycles. The third-order valence-corrected chi connectivity index (χ3v) is 2.58. The van der Waals surface area contributed by atoms with Crippen LogP contribution in [0.1, 0.15) is 22.8 Å². The number of hydrogen-bond acceptors (Lipinski definition) is 3. The number of carbonyl (C=O) groups is 1. The smallest absolute Gasteiger partial charge is 0.163 e. The molecule has 0 atom stereocenters. The summed E-state index contributed by atoms with van der Waals surface area (Å²) < 4.78 is 5.61. The zero-order valence-electron chi connectivity index (χ0n) is 10.1. The number of ether oxygens (including phenoxy) is 1. The molecule has 1 N–H and O–H groups in total. The number of aromatic hydroxyl groups is 1. The van der Waals surface area contributed by atoms with Gasteiger partial charge >= 0.3 is 0 Å². The minimum atomic E-state index is -0.131. The fourth-order valence-corrected chi connectivity index (χ4v) is 1.65. The fraction of sp³-hybridized carbons (Fsp3) is 0.133. The molecule has 0 amide bonds. The Kier molecular flexibility index (Phi) is 3.63. The molecule has 0 bridgehead atoms. The lowest BCUT2D eigenvalue weighted by molar-refractivity contribution is 0.101. The monoisotopic (exact) mass is 242 g/mol. The number of hydrogen-bond donors (Lipinski definition) is 1. The second-order valence-electron chi connectivity index (χ2n) is 4.01. The summed E-state index contributed by atoms with van der Waals surface area (Å²) in [6, 6.07) is 14.2. The van der Waals surface area contributed by atoms with Gasteiger partial charge in [-0.1, -0.05) is 30.3 Å². The van der Waals surface area contributed by atoms with Gasteiger partial charge in [0, 0.05) is 0 Å². The van der Waals surface area contributed by atoms with E-state index < -0.39 is 0 Å². The first-order chi connectivity index (χ1) is 8.66. The van der Waals surface area contributed by atoms with Crippen molar-refractivity contribution in [3.05, 3.63) is 59.7 Å². The molecule has 0 aliphatic heterocycles. The molecule has 92 valence electrons. The number of ketones is 1. The molecule has 2 rings (SSSR count). The molecule has 3 nitrogen and oxygen atoms in total. The molecule has 2 aromatic rings. The van der Waals surface area contributed by atoms with E-state index in [1.54, 1.807) is 6.07 Å². The van der Waals surface area contributed by atoms with Gasteiger partial charge in [0.05, 0.1) is 5.56 Å². The summed E-state index contributed by atoms with van der Waals surface area (Å²) in [5.41, 5.74) is 1.42. The molecule has 2 aromatic carbocycles. The van der Waals surface area contributed by atoms with Crippen molar-refractivity contribution >= 4 is 5.78 Å². The molecule has 0 aliphatic rings. The summed E-state index contributed by atoms with van der Waals surface area (Å²) in [5.74, 6) is 0.422. The van der Waals surface area contributed by atoms with Gasteiger partial charge < -0.3 is 9.84 Å². The van der Waals surface area contributed by atoms with Crippen LogP contribution in [0.2, 0.25) is 0 Å². The van der Waals surface area contributed by atoms with E-state index in [-0.39, 0.29) is 11.5 Å². The maximum Gasteiger partial charge on any atom is 0.163 e. The summed E-state index contributed by atoms with van der Waals surface area (Å²) in [6.45, 7) is 1.84. The van der Waals surface area contributed by atoms with Crippen LogP contribution in [0.25, 0.3) is 0 Å². The zero-order valence-corrected chi connectivity index (χ0v) is 10.1. The van der Waals surface area contributed by atoms with E-state index in [9.17, 15) is 9.90 Å². The number of phenolic OH excluding ortho intramolecular Hbond substituents is 1. The molecular weight excluding hydrogens is 228 g/mol. The van der Waals surface area contributed by atoms with E-state index in [1.165, 1.54) is 19.1 Å². The minimum absolute atomic E-state index is 0.0623. The highest BCUT2D eigenvalue weighted by atomic mass is 16.5. The Morgan fingerprint density at radius 2 is 1.89 bits per heavy atom. The van der Waals surface area contributed by atoms with Crippen LogP contribution in [0.15, 0.2) is 48.5 Å². The lowest BCUT2D eigenvalue weighted by atomic mass is 10.1. The van der Waals surface area contributed by atoms with E-state index >= 15 is 0 Å². The van der Waals surface area contributed by atoms with E-state index in [0.717, 1.165) is 5.56 Å². The highest BCUT2D eigenvalue weighted by Gasteiger charge is 2.09. The Hall–Kier alpha value is -2.29. The number of phenols is 1. The van der Waals surface area contributed by atoms with Crippen LogP contribution in [-0.4, -0.2) is 10.9 Å². The molecule has 0 spiro atoms. The molecule has 3 heteroatoms. The molecule has 0 heterocycles. The van der Waals surface area contributed by atoms with Crippen LogP contribution < -0.4 is 4.74 Å². The standard InChI is InChI=1S/C15H14O3/c1-11(16)14-9-13(17)7-8-15(14)18-10-12-5-3-2-4-6-12/h2-9,17H,10H2,1H3. The van der Waals surface area contributed by atoms with Crippen molar-refractivity contribution in [2.45, 2.75) is 13.5 Å². The van der Waals surface area contributed by atoms with Gasteiger partial charge in [0.1, 0.15) is 18.1 Å². The molecule has 0 radical (unpaired) electrons. The summed E-state index contributed by atoms with van der Waals surface area (Å²) in [5, 5.41) is 9.36. The van der Waals surface area contributed by atoms with Crippen molar-refractivity contribution in [3.8, 4) is 11.5 Å². The van der Waals surface area contributed by atoms with Gasteiger partial charge in [0.15, 0.2) is 5.78 Å². The van der Waals surface area contributed by atoms with Crippen molar-refractivity contribution in [2.75, 3.05) is 0 Å². The highest BCUT2D eigenvalue weighted by molar-refractivity contribution is 5.97. The Bertz CT molecular complexity index is 547. The predicted molar refractivity (Wildman–Crippen MR) is 68.9 cm³/mol. The molecule has 0 aromatic heterocycles. The van der Waals surface area contributed by atoms with Crippen LogP contribution in [0, 0.1) is 0 Å². The summed E-state index contributed by atoms with van der Waals surface area (Å²) >= 11 is 0. The van der Waals surface area contributed by atoms with Crippen molar-refractivity contribution in [1.82, 2.24) is 0 Å². The summed E-state index contributed by atoms with van der Waals surface area (Å²) in [4.78, 5) is 11.4. The molecular formula is C15H14O3. The highest BCUT2D eigenvalue weighted by Crippen LogP contribution is 2.24. The zero-order chi connectivity index (χ0) is 13.0. The Morgan fingerprint density at radius 1 is 1.17 bits per heavy atom. The topological polar surface area (TPSA) is 46.5 Å². The van der Waals surface area contributed by atoms with Crippen LogP contribution >= 0.6 is 0 Å². The number of rotatable bonds is 4. The second kappa shape index (κ2) is 5.36. The van der Waals surface area contributed by atoms with Crippen LogP contribution in [0.4, 0.5) is 0 Å². The first-order valence-electron chi connectivity index (χ1n) is 5.67. The summed E-state index contributed by atoms with van der Waals surface area (Å²) in [6.07, 6.45) is 0. The van der Waals surface area contributed by atoms with Gasteiger partial charge in [0.25, 0.3) is 0 Å². The molecule has 0 saturated carbocycles. The van der Waals surface area contributed by atoms with Crippen molar-refractivity contribution < 1.29 is 14.6 Å². The van der Waals surface area contributed by atoms with Gasteiger partial charge in [-0.3, -0.25) is 4.79 Å². The third-order valence-electron chi connectivity index (χ3n) is 2.58. The average Bonchev–Trinajstić information content (AvgIpc) is 2.38. The SMILES string of the molecule is CC(=O)c1cc(O)ccc1OCc1ccccc1. The third kappa shape index (κ3) is 2.88. The lowest BCUT2D eigenvalue weighted by Gasteiger charge is -2.10. The van der Waals surface area contributed by atoms with E-state index in [0.29, 0.717) is 17.9 Å². The fourth-order valence-electron chi connectivity index (χ4n) is 1.65. The van der Waals surface area contributed by atoms with E-state index in [2.05, 4.69) is 0 Å². The van der Waals surface area contributed by atoms with E-state index in [1.807, 2.05) is 30.3 Å². The van der Waals surface area contributed by atoms with Gasteiger partial charge in [-0.05, 0) is 30.7 Å². The molecule has 0 aliphatic carbocycles. The largest absolute Gasteiger partial charge is 0.508 e. The van der Waals surface area contributed by atoms with Crippen molar-refractivity contribution in [3.63, 3.8) is 0 Å². The van der Waals surface area contributed by atoms with Crippen molar-refractivity contribution in [2.24, 2.45) is 0 Å².